The first-order valence-electron chi connectivity index (χ1n) is 16.0. The first-order chi connectivity index (χ1) is 21.4. The highest BCUT2D eigenvalue weighted by Crippen LogP contribution is 2.63. The SMILES string of the molecule is c1ccc(P(c2ccccc2)N(C2c3ccccc3CC2CC2CCCCC2)P(c2ccccc2)c2ccccc2)cc1. The van der Waals surface area contributed by atoms with Crippen molar-refractivity contribution in [1.29, 1.82) is 0 Å². The standard InChI is InChI=1S/C40H41NP2/c1-6-18-32(19-7-1)30-34-31-33-20-16-17-29-39(33)40(34)41(42(35-21-8-2-9-22-35)36-23-10-3-11-24-36)43(37-25-12-4-13-26-37)38-27-14-5-15-28-38/h2-5,8-17,20-29,32,34,40H,1,6-7,18-19,30-31H2. The lowest BCUT2D eigenvalue weighted by atomic mass is 9.81. The molecule has 2 aliphatic rings. The van der Waals surface area contributed by atoms with Crippen molar-refractivity contribution >= 4 is 37.4 Å². The second-order valence-corrected chi connectivity index (χ2v) is 16.6. The largest absolute Gasteiger partial charge is 0.237 e. The monoisotopic (exact) mass is 597 g/mol. The Morgan fingerprint density at radius 1 is 0.488 bits per heavy atom. The van der Waals surface area contributed by atoms with Gasteiger partial charge in [-0.1, -0.05) is 178 Å². The average Bonchev–Trinajstić information content (AvgIpc) is 3.44. The summed E-state index contributed by atoms with van der Waals surface area (Å²) in [6.45, 7) is 0. The zero-order valence-corrected chi connectivity index (χ0v) is 26.7. The van der Waals surface area contributed by atoms with Gasteiger partial charge in [-0.3, -0.25) is 0 Å². The van der Waals surface area contributed by atoms with E-state index in [2.05, 4.69) is 150 Å². The lowest BCUT2D eigenvalue weighted by molar-refractivity contribution is 0.247. The van der Waals surface area contributed by atoms with E-state index in [0.29, 0.717) is 12.0 Å². The number of fused-ring (bicyclic) bond motifs is 1. The van der Waals surface area contributed by atoms with Crippen molar-refractivity contribution in [2.24, 2.45) is 11.8 Å². The van der Waals surface area contributed by atoms with E-state index in [4.69, 9.17) is 0 Å². The normalized spacial score (nSPS) is 18.8. The third kappa shape index (κ3) is 6.28. The maximum absolute atomic E-state index is 3.05. The van der Waals surface area contributed by atoms with Gasteiger partial charge in [0.15, 0.2) is 0 Å². The molecule has 43 heavy (non-hydrogen) atoms. The molecule has 1 nitrogen and oxygen atoms in total. The fraction of sp³-hybridized carbons (Fsp3) is 0.250. The quantitative estimate of drug-likeness (QED) is 0.153. The number of rotatable bonds is 9. The second kappa shape index (κ2) is 13.7. The smallest absolute Gasteiger partial charge is 0.0470 e. The fourth-order valence-electron chi connectivity index (χ4n) is 7.42. The molecule has 0 N–H and O–H groups in total. The van der Waals surface area contributed by atoms with E-state index in [1.165, 1.54) is 66.2 Å². The molecule has 7 rings (SSSR count). The van der Waals surface area contributed by atoms with Crippen LogP contribution in [0.1, 0.15) is 55.7 Å². The maximum Gasteiger partial charge on any atom is 0.0470 e. The molecule has 216 valence electrons. The Labute approximate surface area is 260 Å². The lowest BCUT2D eigenvalue weighted by Gasteiger charge is -2.45. The van der Waals surface area contributed by atoms with E-state index < -0.39 is 16.1 Å². The van der Waals surface area contributed by atoms with Crippen molar-refractivity contribution in [1.82, 2.24) is 4.44 Å². The molecule has 0 aromatic heterocycles. The maximum atomic E-state index is 3.05. The van der Waals surface area contributed by atoms with Crippen molar-refractivity contribution in [2.75, 3.05) is 0 Å². The first kappa shape index (κ1) is 28.7. The first-order valence-corrected chi connectivity index (χ1v) is 18.6. The summed E-state index contributed by atoms with van der Waals surface area (Å²) in [5, 5.41) is 5.74. The highest BCUT2D eigenvalue weighted by atomic mass is 31.2. The predicted octanol–water partition coefficient (Wildman–Crippen LogP) is 9.27. The van der Waals surface area contributed by atoms with E-state index in [0.717, 1.165) is 5.92 Å². The van der Waals surface area contributed by atoms with Gasteiger partial charge in [-0.05, 0) is 57.0 Å². The second-order valence-electron chi connectivity index (χ2n) is 12.1. The van der Waals surface area contributed by atoms with Crippen LogP contribution >= 0.6 is 16.1 Å². The molecule has 2 unspecified atom stereocenters. The van der Waals surface area contributed by atoms with Crippen molar-refractivity contribution in [3.8, 4) is 0 Å². The van der Waals surface area contributed by atoms with Gasteiger partial charge in [0.05, 0.1) is 0 Å². The molecule has 2 atom stereocenters. The van der Waals surface area contributed by atoms with Crippen LogP contribution in [0.3, 0.4) is 0 Å². The molecule has 0 heterocycles. The van der Waals surface area contributed by atoms with Crippen LogP contribution in [0, 0.1) is 11.8 Å². The van der Waals surface area contributed by atoms with Crippen LogP contribution < -0.4 is 21.2 Å². The van der Waals surface area contributed by atoms with Crippen molar-refractivity contribution in [2.45, 2.75) is 51.0 Å². The molecule has 5 aromatic carbocycles. The van der Waals surface area contributed by atoms with Crippen LogP contribution in [0.5, 0.6) is 0 Å². The summed E-state index contributed by atoms with van der Waals surface area (Å²) in [7, 11) is -1.65. The summed E-state index contributed by atoms with van der Waals surface area (Å²) in [5.74, 6) is 1.45. The number of hydrogen-bond acceptors (Lipinski definition) is 1. The van der Waals surface area contributed by atoms with Gasteiger partial charge in [0.1, 0.15) is 0 Å². The van der Waals surface area contributed by atoms with Crippen LogP contribution in [0.15, 0.2) is 146 Å². The molecule has 0 amide bonds. The van der Waals surface area contributed by atoms with E-state index in [-0.39, 0.29) is 0 Å². The van der Waals surface area contributed by atoms with E-state index >= 15 is 0 Å². The molecule has 1 fully saturated rings. The van der Waals surface area contributed by atoms with Crippen LogP contribution in [-0.4, -0.2) is 4.44 Å². The van der Waals surface area contributed by atoms with Gasteiger partial charge in [-0.25, -0.2) is 4.44 Å². The van der Waals surface area contributed by atoms with Crippen molar-refractivity contribution in [3.05, 3.63) is 157 Å². The third-order valence-electron chi connectivity index (χ3n) is 9.32. The highest BCUT2D eigenvalue weighted by Gasteiger charge is 2.45. The summed E-state index contributed by atoms with van der Waals surface area (Å²) >= 11 is 0. The van der Waals surface area contributed by atoms with Crippen molar-refractivity contribution in [3.63, 3.8) is 0 Å². The van der Waals surface area contributed by atoms with Gasteiger partial charge in [0.2, 0.25) is 0 Å². The summed E-state index contributed by atoms with van der Waals surface area (Å²) in [5.41, 5.74) is 3.12. The highest BCUT2D eigenvalue weighted by molar-refractivity contribution is 7.84. The molecule has 0 saturated heterocycles. The Balaban J connectivity index is 1.47. The summed E-state index contributed by atoms with van der Waals surface area (Å²) in [6.07, 6.45) is 9.54. The molecule has 0 bridgehead atoms. The number of hydrogen-bond donors (Lipinski definition) is 0. The number of benzene rings is 5. The summed E-state index contributed by atoms with van der Waals surface area (Å²) in [6, 6.07) is 55.4. The van der Waals surface area contributed by atoms with E-state index in [1.54, 1.807) is 11.1 Å². The Morgan fingerprint density at radius 2 is 0.907 bits per heavy atom. The zero-order chi connectivity index (χ0) is 28.8. The molecule has 1 saturated carbocycles. The fourth-order valence-corrected chi connectivity index (χ4v) is 13.9. The van der Waals surface area contributed by atoms with E-state index in [9.17, 15) is 0 Å². The summed E-state index contributed by atoms with van der Waals surface area (Å²) in [4.78, 5) is 0. The molecular formula is C40H41NP2. The minimum absolute atomic E-state index is 0.358. The number of nitrogens with zero attached hydrogens (tertiary/aromatic N) is 1. The average molecular weight is 598 g/mol. The molecule has 0 radical (unpaired) electrons. The molecule has 0 aliphatic heterocycles. The summed E-state index contributed by atoms with van der Waals surface area (Å²) < 4.78 is 3.05. The Kier molecular flexibility index (Phi) is 9.13. The molecule has 5 aromatic rings. The van der Waals surface area contributed by atoms with Gasteiger partial charge < -0.3 is 0 Å². The van der Waals surface area contributed by atoms with Crippen LogP contribution in [0.4, 0.5) is 0 Å². The topological polar surface area (TPSA) is 3.24 Å². The molecule has 3 heteroatoms. The van der Waals surface area contributed by atoms with Gasteiger partial charge in [0, 0.05) is 22.2 Å². The third-order valence-corrected chi connectivity index (χ3v) is 14.9. The molecule has 0 spiro atoms. The lowest BCUT2D eigenvalue weighted by Crippen LogP contribution is -2.36. The van der Waals surface area contributed by atoms with Gasteiger partial charge in [-0.15, -0.1) is 0 Å². The Bertz CT molecular complexity index is 1410. The van der Waals surface area contributed by atoms with Gasteiger partial charge in [-0.2, -0.15) is 0 Å². The predicted molar refractivity (Wildman–Crippen MR) is 188 cm³/mol. The molecular weight excluding hydrogens is 556 g/mol. The van der Waals surface area contributed by atoms with Crippen LogP contribution in [-0.2, 0) is 6.42 Å². The molecule has 2 aliphatic carbocycles. The van der Waals surface area contributed by atoms with Crippen LogP contribution in [0.2, 0.25) is 0 Å². The van der Waals surface area contributed by atoms with Gasteiger partial charge in [0.25, 0.3) is 0 Å². The van der Waals surface area contributed by atoms with Crippen molar-refractivity contribution < 1.29 is 0 Å². The minimum atomic E-state index is -0.824. The zero-order valence-electron chi connectivity index (χ0n) is 24.9. The van der Waals surface area contributed by atoms with E-state index in [1.807, 2.05) is 0 Å². The van der Waals surface area contributed by atoms with Crippen LogP contribution in [0.25, 0.3) is 0 Å². The Hall–Kier alpha value is -3.08. The Morgan fingerprint density at radius 3 is 1.37 bits per heavy atom. The minimum Gasteiger partial charge on any atom is -0.237 e. The van der Waals surface area contributed by atoms with Gasteiger partial charge >= 0.3 is 0 Å².